The highest BCUT2D eigenvalue weighted by atomic mass is 35.5. The minimum Gasteiger partial charge on any atom is -0.369 e. The van der Waals surface area contributed by atoms with Gasteiger partial charge in [0.1, 0.15) is 5.15 Å². The summed E-state index contributed by atoms with van der Waals surface area (Å²) in [6.45, 7) is 6.28. The summed E-state index contributed by atoms with van der Waals surface area (Å²) in [5, 5.41) is 7.82. The number of piperazine rings is 1. The van der Waals surface area contributed by atoms with Crippen molar-refractivity contribution in [3.05, 3.63) is 76.6 Å². The molecule has 0 bridgehead atoms. The number of likely N-dealkylation sites (N-methyl/N-ethyl adjacent to an activating group) is 1. The fourth-order valence-corrected chi connectivity index (χ4v) is 4.14. The van der Waals surface area contributed by atoms with Gasteiger partial charge in [-0.15, -0.1) is 0 Å². The van der Waals surface area contributed by atoms with E-state index in [1.807, 2.05) is 42.5 Å². The van der Waals surface area contributed by atoms with Gasteiger partial charge in [-0.2, -0.15) is 5.10 Å². The maximum absolute atomic E-state index is 13.0. The summed E-state index contributed by atoms with van der Waals surface area (Å²) >= 11 is 6.53. The van der Waals surface area contributed by atoms with Crippen molar-refractivity contribution in [3.8, 4) is 5.69 Å². The second-order valence-electron chi connectivity index (χ2n) is 7.60. The summed E-state index contributed by atoms with van der Waals surface area (Å²) in [5.74, 6) is -0.215. The van der Waals surface area contributed by atoms with Crippen molar-refractivity contribution >= 4 is 23.2 Å². The van der Waals surface area contributed by atoms with E-state index in [1.165, 1.54) is 5.69 Å². The topological polar surface area (TPSA) is 53.4 Å². The Balaban J connectivity index is 1.51. The number of para-hydroxylation sites is 2. The first-order valence-corrected chi connectivity index (χ1v) is 10.5. The lowest BCUT2D eigenvalue weighted by molar-refractivity contribution is 0.0950. The number of halogens is 1. The Morgan fingerprint density at radius 1 is 1.03 bits per heavy atom. The molecule has 156 valence electrons. The molecule has 2 aromatic carbocycles. The quantitative estimate of drug-likeness (QED) is 0.682. The predicted molar refractivity (Wildman–Crippen MR) is 121 cm³/mol. The molecule has 3 aromatic rings. The number of aromatic nitrogens is 2. The van der Waals surface area contributed by atoms with Crippen LogP contribution in [0.5, 0.6) is 0 Å². The van der Waals surface area contributed by atoms with E-state index in [-0.39, 0.29) is 5.91 Å². The van der Waals surface area contributed by atoms with Gasteiger partial charge in [-0.3, -0.25) is 4.79 Å². The maximum atomic E-state index is 13.0. The molecule has 0 saturated carbocycles. The van der Waals surface area contributed by atoms with Crippen LogP contribution in [0.15, 0.2) is 54.6 Å². The summed E-state index contributed by atoms with van der Waals surface area (Å²) in [5.41, 5.74) is 4.12. The Kier molecular flexibility index (Phi) is 6.06. The van der Waals surface area contributed by atoms with Gasteiger partial charge in [0.2, 0.25) is 0 Å². The minimum atomic E-state index is -0.215. The Morgan fingerprint density at radius 3 is 2.43 bits per heavy atom. The summed E-state index contributed by atoms with van der Waals surface area (Å²) in [6.07, 6.45) is 0. The molecule has 0 atom stereocenters. The molecular formula is C23H26ClN5O. The van der Waals surface area contributed by atoms with Crippen molar-refractivity contribution < 1.29 is 4.79 Å². The summed E-state index contributed by atoms with van der Waals surface area (Å²) in [4.78, 5) is 17.7. The van der Waals surface area contributed by atoms with Crippen LogP contribution in [0.25, 0.3) is 5.69 Å². The predicted octanol–water partition coefficient (Wildman–Crippen LogP) is 3.52. The molecule has 1 fully saturated rings. The number of carbonyl (C=O) groups excluding carboxylic acids is 1. The van der Waals surface area contributed by atoms with Crippen LogP contribution in [-0.4, -0.2) is 53.8 Å². The standard InChI is InChI=1S/C23H26ClN5O/c1-17-21(22(24)29(26-17)19-9-4-3-5-10-19)23(30)25-16-18-8-6-7-11-20(18)28-14-12-27(2)13-15-28/h3-11H,12-16H2,1-2H3,(H,25,30). The van der Waals surface area contributed by atoms with E-state index >= 15 is 0 Å². The number of anilines is 1. The van der Waals surface area contributed by atoms with Gasteiger partial charge in [0.15, 0.2) is 0 Å². The molecule has 1 aliphatic rings. The van der Waals surface area contributed by atoms with E-state index in [2.05, 4.69) is 39.4 Å². The highest BCUT2D eigenvalue weighted by Gasteiger charge is 2.22. The molecular weight excluding hydrogens is 398 g/mol. The van der Waals surface area contributed by atoms with Crippen LogP contribution in [0, 0.1) is 6.92 Å². The maximum Gasteiger partial charge on any atom is 0.256 e. The summed E-state index contributed by atoms with van der Waals surface area (Å²) in [7, 11) is 2.14. The largest absolute Gasteiger partial charge is 0.369 e. The van der Waals surface area contributed by atoms with Crippen molar-refractivity contribution in [2.75, 3.05) is 38.1 Å². The van der Waals surface area contributed by atoms with Gasteiger partial charge in [-0.05, 0) is 37.7 Å². The van der Waals surface area contributed by atoms with Crippen molar-refractivity contribution in [1.82, 2.24) is 20.0 Å². The van der Waals surface area contributed by atoms with Gasteiger partial charge in [-0.1, -0.05) is 48.0 Å². The van der Waals surface area contributed by atoms with Gasteiger partial charge >= 0.3 is 0 Å². The van der Waals surface area contributed by atoms with Crippen molar-refractivity contribution in [3.63, 3.8) is 0 Å². The highest BCUT2D eigenvalue weighted by molar-refractivity contribution is 6.33. The molecule has 1 saturated heterocycles. The van der Waals surface area contributed by atoms with Crippen LogP contribution >= 0.6 is 11.6 Å². The molecule has 4 rings (SSSR count). The number of carbonyl (C=O) groups is 1. The molecule has 7 heteroatoms. The van der Waals surface area contributed by atoms with E-state index < -0.39 is 0 Å². The Labute approximate surface area is 182 Å². The van der Waals surface area contributed by atoms with Gasteiger partial charge in [-0.25, -0.2) is 4.68 Å². The number of nitrogens with zero attached hydrogens (tertiary/aromatic N) is 4. The molecule has 1 amide bonds. The number of amides is 1. The average Bonchev–Trinajstić information content (AvgIpc) is 3.07. The first-order valence-electron chi connectivity index (χ1n) is 10.1. The number of nitrogens with one attached hydrogen (secondary N) is 1. The number of hydrogen-bond donors (Lipinski definition) is 1. The average molecular weight is 424 g/mol. The molecule has 1 N–H and O–H groups in total. The van der Waals surface area contributed by atoms with Crippen LogP contribution < -0.4 is 10.2 Å². The van der Waals surface area contributed by atoms with E-state index in [9.17, 15) is 4.79 Å². The van der Waals surface area contributed by atoms with Gasteiger partial charge in [0.25, 0.3) is 5.91 Å². The summed E-state index contributed by atoms with van der Waals surface area (Å²) in [6, 6.07) is 17.8. The number of benzene rings is 2. The van der Waals surface area contributed by atoms with Crippen molar-refractivity contribution in [2.45, 2.75) is 13.5 Å². The normalized spacial score (nSPS) is 14.7. The molecule has 0 unspecified atom stereocenters. The van der Waals surface area contributed by atoms with Gasteiger partial charge in [0.05, 0.1) is 16.9 Å². The molecule has 30 heavy (non-hydrogen) atoms. The smallest absolute Gasteiger partial charge is 0.256 e. The third-order valence-electron chi connectivity index (χ3n) is 5.51. The molecule has 0 spiro atoms. The fraction of sp³-hybridized carbons (Fsp3) is 0.304. The number of aryl methyl sites for hydroxylation is 1. The molecule has 1 aromatic heterocycles. The number of hydrogen-bond acceptors (Lipinski definition) is 4. The summed E-state index contributed by atoms with van der Waals surface area (Å²) < 4.78 is 1.60. The zero-order chi connectivity index (χ0) is 21.1. The lowest BCUT2D eigenvalue weighted by atomic mass is 10.1. The zero-order valence-corrected chi connectivity index (χ0v) is 18.1. The second-order valence-corrected chi connectivity index (χ2v) is 7.96. The molecule has 6 nitrogen and oxygen atoms in total. The SMILES string of the molecule is Cc1nn(-c2ccccc2)c(Cl)c1C(=O)NCc1ccccc1N1CCN(C)CC1. The lowest BCUT2D eigenvalue weighted by Gasteiger charge is -2.35. The van der Waals surface area contributed by atoms with Crippen LogP contribution in [0.3, 0.4) is 0 Å². The van der Waals surface area contributed by atoms with Gasteiger partial charge in [0, 0.05) is 38.4 Å². The monoisotopic (exact) mass is 423 g/mol. The minimum absolute atomic E-state index is 0.215. The number of rotatable bonds is 5. The van der Waals surface area contributed by atoms with Crippen LogP contribution in [-0.2, 0) is 6.54 Å². The van der Waals surface area contributed by atoms with E-state index in [0.29, 0.717) is 23.0 Å². The van der Waals surface area contributed by atoms with Crippen LogP contribution in [0.1, 0.15) is 21.6 Å². The molecule has 2 heterocycles. The van der Waals surface area contributed by atoms with E-state index in [1.54, 1.807) is 11.6 Å². The highest BCUT2D eigenvalue weighted by Crippen LogP contribution is 2.25. The van der Waals surface area contributed by atoms with E-state index in [4.69, 9.17) is 11.6 Å². The molecule has 0 radical (unpaired) electrons. The molecule has 1 aliphatic heterocycles. The first kappa shape index (κ1) is 20.4. The van der Waals surface area contributed by atoms with Crippen LogP contribution in [0.4, 0.5) is 5.69 Å². The fourth-order valence-electron chi connectivity index (χ4n) is 3.78. The Bertz CT molecular complexity index is 1030. The molecule has 0 aliphatic carbocycles. The Hall–Kier alpha value is -2.83. The van der Waals surface area contributed by atoms with Crippen molar-refractivity contribution in [1.29, 1.82) is 0 Å². The van der Waals surface area contributed by atoms with E-state index in [0.717, 1.165) is 37.4 Å². The van der Waals surface area contributed by atoms with Crippen molar-refractivity contribution in [2.24, 2.45) is 0 Å². The third-order valence-corrected chi connectivity index (χ3v) is 5.86. The van der Waals surface area contributed by atoms with Gasteiger partial charge < -0.3 is 15.1 Å². The first-order chi connectivity index (χ1) is 14.5. The second kappa shape index (κ2) is 8.90. The van der Waals surface area contributed by atoms with Crippen LogP contribution in [0.2, 0.25) is 5.15 Å². The zero-order valence-electron chi connectivity index (χ0n) is 17.3. The lowest BCUT2D eigenvalue weighted by Crippen LogP contribution is -2.45. The Morgan fingerprint density at radius 2 is 1.70 bits per heavy atom. The third kappa shape index (κ3) is 4.20.